The van der Waals surface area contributed by atoms with Crippen LogP contribution in [0.15, 0.2) is 9.42 Å². The Bertz CT molecular complexity index is 366. The fraction of sp³-hybridized carbons (Fsp3) is 0.400. The average molecular weight is 228 g/mol. The number of nitrogens with one attached hydrogen (secondary N) is 1. The molecule has 1 heterocycles. The van der Waals surface area contributed by atoms with E-state index in [0.29, 0.717) is 5.69 Å². The summed E-state index contributed by atoms with van der Waals surface area (Å²) in [6, 6.07) is 0. The number of nitrogens with zero attached hydrogens (tertiary/aromatic N) is 1. The van der Waals surface area contributed by atoms with Crippen LogP contribution in [0.4, 0.5) is 0 Å². The minimum absolute atomic E-state index is 0. The zero-order valence-electron chi connectivity index (χ0n) is 7.07. The molecule has 0 fully saturated rings. The van der Waals surface area contributed by atoms with Gasteiger partial charge in [0, 0.05) is 0 Å². The summed E-state index contributed by atoms with van der Waals surface area (Å²) in [5, 5.41) is 3.48. The van der Waals surface area contributed by atoms with Crippen molar-refractivity contribution in [2.75, 3.05) is 0 Å². The maximum Gasteiger partial charge on any atom is 0.258 e. The van der Waals surface area contributed by atoms with Gasteiger partial charge in [-0.15, -0.1) is 17.2 Å². The van der Waals surface area contributed by atoms with Gasteiger partial charge in [-0.1, -0.05) is 5.16 Å². The molecular formula is C5H10ClN3O3S. The highest BCUT2D eigenvalue weighted by molar-refractivity contribution is 7.89. The molecule has 0 atom stereocenters. The van der Waals surface area contributed by atoms with Gasteiger partial charge in [-0.05, 0) is 13.8 Å². The lowest BCUT2D eigenvalue weighted by molar-refractivity contribution is 0.390. The van der Waals surface area contributed by atoms with Crippen LogP contribution in [0.2, 0.25) is 0 Å². The second-order valence-electron chi connectivity index (χ2n) is 2.27. The number of halogens is 1. The maximum absolute atomic E-state index is 11.2. The van der Waals surface area contributed by atoms with Crippen molar-refractivity contribution in [3.8, 4) is 0 Å². The number of nitrogens with two attached hydrogens (primary N) is 1. The summed E-state index contributed by atoms with van der Waals surface area (Å²) in [5.74, 6) is 5.06. The molecule has 1 aromatic rings. The number of aromatic nitrogens is 1. The smallest absolute Gasteiger partial charge is 0.258 e. The van der Waals surface area contributed by atoms with Crippen LogP contribution in [0.5, 0.6) is 0 Å². The molecule has 0 aliphatic heterocycles. The molecule has 0 spiro atoms. The second kappa shape index (κ2) is 4.05. The highest BCUT2D eigenvalue weighted by Gasteiger charge is 2.22. The van der Waals surface area contributed by atoms with Gasteiger partial charge >= 0.3 is 0 Å². The standard InChI is InChI=1S/C5H9N3O3S.ClH/c1-3-5(4(2)11-7-3)12(9,10)8-6;/h8H,6H2,1-2H3;1H. The number of hydrazine groups is 1. The molecule has 0 saturated carbocycles. The van der Waals surface area contributed by atoms with E-state index in [2.05, 4.69) is 9.68 Å². The van der Waals surface area contributed by atoms with Gasteiger partial charge in [0.15, 0.2) is 5.76 Å². The Morgan fingerprint density at radius 1 is 1.46 bits per heavy atom. The molecule has 0 aliphatic rings. The monoisotopic (exact) mass is 227 g/mol. The summed E-state index contributed by atoms with van der Waals surface area (Å²) in [6.07, 6.45) is 0. The van der Waals surface area contributed by atoms with Crippen molar-refractivity contribution in [2.24, 2.45) is 5.84 Å². The minimum Gasteiger partial charge on any atom is -0.360 e. The number of hydrogen-bond acceptors (Lipinski definition) is 5. The summed E-state index contributed by atoms with van der Waals surface area (Å²) >= 11 is 0. The Morgan fingerprint density at radius 3 is 2.31 bits per heavy atom. The van der Waals surface area contributed by atoms with E-state index in [9.17, 15) is 8.42 Å². The van der Waals surface area contributed by atoms with E-state index in [4.69, 9.17) is 5.84 Å². The molecule has 1 aromatic heterocycles. The van der Waals surface area contributed by atoms with Gasteiger partial charge in [0.25, 0.3) is 10.0 Å². The third kappa shape index (κ3) is 2.19. The van der Waals surface area contributed by atoms with Crippen molar-refractivity contribution in [3.63, 3.8) is 0 Å². The summed E-state index contributed by atoms with van der Waals surface area (Å²) in [4.78, 5) is 1.70. The van der Waals surface area contributed by atoms with Gasteiger partial charge < -0.3 is 4.52 Å². The van der Waals surface area contributed by atoms with E-state index < -0.39 is 10.0 Å². The van der Waals surface area contributed by atoms with Crippen LogP contribution in [0, 0.1) is 13.8 Å². The molecule has 8 heteroatoms. The fourth-order valence-electron chi connectivity index (χ4n) is 0.917. The summed E-state index contributed by atoms with van der Waals surface area (Å²) in [7, 11) is -3.64. The molecule has 13 heavy (non-hydrogen) atoms. The second-order valence-corrected chi connectivity index (χ2v) is 3.93. The lowest BCUT2D eigenvalue weighted by atomic mass is 10.4. The Hall–Kier alpha value is -0.630. The maximum atomic E-state index is 11.2. The summed E-state index contributed by atoms with van der Waals surface area (Å²) in [6.45, 7) is 3.03. The van der Waals surface area contributed by atoms with E-state index in [1.165, 1.54) is 13.8 Å². The first kappa shape index (κ1) is 12.4. The summed E-state index contributed by atoms with van der Waals surface area (Å²) < 4.78 is 27.0. The molecule has 76 valence electrons. The number of rotatable bonds is 2. The average Bonchev–Trinajstić information content (AvgIpc) is 2.31. The van der Waals surface area contributed by atoms with Crippen molar-refractivity contribution >= 4 is 22.4 Å². The van der Waals surface area contributed by atoms with Crippen molar-refractivity contribution in [3.05, 3.63) is 11.5 Å². The van der Waals surface area contributed by atoms with Crippen LogP contribution in [0.25, 0.3) is 0 Å². The topological polar surface area (TPSA) is 98.2 Å². The first-order valence-electron chi connectivity index (χ1n) is 3.14. The molecule has 6 nitrogen and oxygen atoms in total. The van der Waals surface area contributed by atoms with Crippen molar-refractivity contribution in [1.29, 1.82) is 0 Å². The quantitative estimate of drug-likeness (QED) is 0.542. The van der Waals surface area contributed by atoms with Gasteiger partial charge in [0.1, 0.15) is 10.6 Å². The van der Waals surface area contributed by atoms with Gasteiger partial charge in [-0.3, -0.25) is 5.84 Å². The van der Waals surface area contributed by atoms with Crippen LogP contribution in [0.3, 0.4) is 0 Å². The third-order valence-corrected chi connectivity index (χ3v) is 2.82. The molecular weight excluding hydrogens is 218 g/mol. The van der Waals surface area contributed by atoms with Crippen molar-refractivity contribution in [2.45, 2.75) is 18.7 Å². The normalized spacial score (nSPS) is 11.0. The van der Waals surface area contributed by atoms with Gasteiger partial charge in [0.05, 0.1) is 0 Å². The Kier molecular flexibility index (Phi) is 3.86. The van der Waals surface area contributed by atoms with E-state index >= 15 is 0 Å². The predicted molar refractivity (Wildman–Crippen MR) is 47.7 cm³/mol. The van der Waals surface area contributed by atoms with Crippen LogP contribution in [-0.2, 0) is 10.0 Å². The molecule has 0 aromatic carbocycles. The van der Waals surface area contributed by atoms with Gasteiger partial charge in [-0.25, -0.2) is 8.42 Å². The Morgan fingerprint density at radius 2 is 2.00 bits per heavy atom. The highest BCUT2D eigenvalue weighted by atomic mass is 35.5. The zero-order valence-corrected chi connectivity index (χ0v) is 8.70. The van der Waals surface area contributed by atoms with Crippen LogP contribution >= 0.6 is 12.4 Å². The predicted octanol–water partition coefficient (Wildman–Crippen LogP) is -0.135. The summed E-state index contributed by atoms with van der Waals surface area (Å²) in [5.41, 5.74) is 0.297. The minimum atomic E-state index is -3.64. The van der Waals surface area contributed by atoms with E-state index in [-0.39, 0.29) is 23.1 Å². The molecule has 0 radical (unpaired) electrons. The fourth-order valence-corrected chi connectivity index (χ4v) is 1.88. The van der Waals surface area contributed by atoms with Gasteiger partial charge in [0.2, 0.25) is 0 Å². The molecule has 0 saturated heterocycles. The Labute approximate surface area is 81.9 Å². The number of sulfonamides is 1. The Balaban J connectivity index is 0.00000144. The first-order valence-corrected chi connectivity index (χ1v) is 4.62. The lowest BCUT2D eigenvalue weighted by Gasteiger charge is -1.98. The number of aryl methyl sites for hydroxylation is 2. The molecule has 0 amide bonds. The third-order valence-electron chi connectivity index (χ3n) is 1.39. The van der Waals surface area contributed by atoms with Crippen molar-refractivity contribution < 1.29 is 12.9 Å². The van der Waals surface area contributed by atoms with E-state index in [1.807, 2.05) is 0 Å². The SMILES string of the molecule is Cc1noc(C)c1S(=O)(=O)NN.Cl. The van der Waals surface area contributed by atoms with E-state index in [0.717, 1.165) is 0 Å². The highest BCUT2D eigenvalue weighted by Crippen LogP contribution is 2.17. The first-order chi connectivity index (χ1) is 5.49. The van der Waals surface area contributed by atoms with Crippen molar-refractivity contribution in [1.82, 2.24) is 9.99 Å². The van der Waals surface area contributed by atoms with Crippen LogP contribution < -0.4 is 10.7 Å². The van der Waals surface area contributed by atoms with Crippen LogP contribution in [0.1, 0.15) is 11.5 Å². The molecule has 0 aliphatic carbocycles. The van der Waals surface area contributed by atoms with E-state index in [1.54, 1.807) is 4.83 Å². The molecule has 0 unspecified atom stereocenters. The molecule has 1 rings (SSSR count). The zero-order chi connectivity index (χ0) is 9.35. The van der Waals surface area contributed by atoms with Crippen LogP contribution in [-0.4, -0.2) is 13.6 Å². The van der Waals surface area contributed by atoms with Gasteiger partial charge in [-0.2, -0.15) is 0 Å². The molecule has 0 bridgehead atoms. The number of hydrogen-bond donors (Lipinski definition) is 2. The lowest BCUT2D eigenvalue weighted by Crippen LogP contribution is -2.30. The molecule has 3 N–H and O–H groups in total. The largest absolute Gasteiger partial charge is 0.360 e.